The fourth-order valence-corrected chi connectivity index (χ4v) is 5.30. The number of fused-ring (bicyclic) bond motifs is 1. The van der Waals surface area contributed by atoms with E-state index >= 15 is 0 Å². The highest BCUT2D eigenvalue weighted by Gasteiger charge is 2.49. The van der Waals surface area contributed by atoms with Gasteiger partial charge < -0.3 is 25.0 Å². The van der Waals surface area contributed by atoms with Crippen LogP contribution < -0.4 is 14.8 Å². The Morgan fingerprint density at radius 2 is 1.91 bits per heavy atom. The minimum Gasteiger partial charge on any atom is -0.504 e. The van der Waals surface area contributed by atoms with Gasteiger partial charge in [0.2, 0.25) is 5.91 Å². The molecule has 1 saturated heterocycles. The quantitative estimate of drug-likeness (QED) is 0.634. The standard InChI is InChI=1S/C25H32N2O5/c1-31-19-9-7-18(8-10-19)26-23(29)16-27-14-13-25(30)12-4-3-5-20(25)24(27)17-6-11-21(28)22(15-17)32-2/h6-11,15,20,24,28,30H,3-5,12-14,16H2,1-2H3,(H,26,29)/t20-,24+,25+/m0/s1. The number of aromatic hydroxyl groups is 1. The second-order valence-electron chi connectivity index (χ2n) is 8.83. The van der Waals surface area contributed by atoms with Crippen molar-refractivity contribution in [2.75, 3.05) is 32.6 Å². The highest BCUT2D eigenvalue weighted by atomic mass is 16.5. The number of nitrogens with one attached hydrogen (secondary N) is 1. The van der Waals surface area contributed by atoms with E-state index in [1.807, 2.05) is 36.4 Å². The van der Waals surface area contributed by atoms with E-state index in [0.29, 0.717) is 24.4 Å². The van der Waals surface area contributed by atoms with Crippen molar-refractivity contribution >= 4 is 11.6 Å². The number of hydrogen-bond donors (Lipinski definition) is 3. The molecule has 3 atom stereocenters. The summed E-state index contributed by atoms with van der Waals surface area (Å²) in [5, 5.41) is 24.5. The summed E-state index contributed by atoms with van der Waals surface area (Å²) in [6.07, 6.45) is 4.43. The van der Waals surface area contributed by atoms with E-state index in [1.165, 1.54) is 7.11 Å². The molecule has 1 aliphatic carbocycles. The van der Waals surface area contributed by atoms with Gasteiger partial charge in [-0.1, -0.05) is 18.9 Å². The number of anilines is 1. The topological polar surface area (TPSA) is 91.3 Å². The molecule has 1 saturated carbocycles. The van der Waals surface area contributed by atoms with Crippen molar-refractivity contribution < 1.29 is 24.5 Å². The molecule has 0 radical (unpaired) electrons. The van der Waals surface area contributed by atoms with Gasteiger partial charge in [0.15, 0.2) is 11.5 Å². The SMILES string of the molecule is COc1ccc(NC(=O)CN2CC[C@]3(O)CCCC[C@H]3[C@H]2c2ccc(O)c(OC)c2)cc1. The van der Waals surface area contributed by atoms with Gasteiger partial charge in [-0.25, -0.2) is 0 Å². The number of likely N-dealkylation sites (tertiary alicyclic amines) is 1. The molecule has 7 nitrogen and oxygen atoms in total. The Balaban J connectivity index is 1.58. The zero-order valence-corrected chi connectivity index (χ0v) is 18.7. The lowest BCUT2D eigenvalue weighted by atomic mass is 9.66. The van der Waals surface area contributed by atoms with Crippen LogP contribution >= 0.6 is 0 Å². The van der Waals surface area contributed by atoms with Crippen LogP contribution in [0.5, 0.6) is 17.2 Å². The zero-order valence-electron chi connectivity index (χ0n) is 18.7. The molecule has 2 aliphatic rings. The summed E-state index contributed by atoms with van der Waals surface area (Å²) in [7, 11) is 3.13. The van der Waals surface area contributed by atoms with Crippen molar-refractivity contribution in [3.8, 4) is 17.2 Å². The molecule has 2 aromatic rings. The number of hydrogen-bond acceptors (Lipinski definition) is 6. The van der Waals surface area contributed by atoms with Gasteiger partial charge in [-0.2, -0.15) is 0 Å². The van der Waals surface area contributed by atoms with E-state index in [4.69, 9.17) is 9.47 Å². The van der Waals surface area contributed by atoms with E-state index in [9.17, 15) is 15.0 Å². The summed E-state index contributed by atoms with van der Waals surface area (Å²) in [5.41, 5.74) is 0.934. The van der Waals surface area contributed by atoms with Crippen molar-refractivity contribution in [2.24, 2.45) is 5.92 Å². The monoisotopic (exact) mass is 440 g/mol. The molecule has 1 amide bonds. The Morgan fingerprint density at radius 1 is 1.12 bits per heavy atom. The van der Waals surface area contributed by atoms with Gasteiger partial charge in [0, 0.05) is 24.2 Å². The molecule has 0 bridgehead atoms. The van der Waals surface area contributed by atoms with E-state index < -0.39 is 5.60 Å². The van der Waals surface area contributed by atoms with Crippen LogP contribution in [-0.2, 0) is 4.79 Å². The number of carbonyl (C=O) groups is 1. The molecule has 32 heavy (non-hydrogen) atoms. The Hall–Kier alpha value is -2.77. The molecule has 0 aromatic heterocycles. The van der Waals surface area contributed by atoms with Crippen LogP contribution in [0.4, 0.5) is 5.69 Å². The van der Waals surface area contributed by atoms with Crippen LogP contribution in [0, 0.1) is 5.92 Å². The van der Waals surface area contributed by atoms with Crippen molar-refractivity contribution in [2.45, 2.75) is 43.7 Å². The summed E-state index contributed by atoms with van der Waals surface area (Å²) in [6, 6.07) is 12.4. The first-order chi connectivity index (χ1) is 15.4. The highest BCUT2D eigenvalue weighted by Crippen LogP contribution is 2.50. The van der Waals surface area contributed by atoms with Crippen LogP contribution in [0.25, 0.3) is 0 Å². The third-order valence-electron chi connectivity index (χ3n) is 6.94. The first kappa shape index (κ1) is 22.4. The molecule has 172 valence electrons. The minimum atomic E-state index is -0.725. The molecule has 4 rings (SSSR count). The van der Waals surface area contributed by atoms with Crippen LogP contribution in [0.3, 0.4) is 0 Å². The molecular formula is C25H32N2O5. The summed E-state index contributed by atoms with van der Waals surface area (Å²) in [6.45, 7) is 0.837. The molecule has 3 N–H and O–H groups in total. The lowest BCUT2D eigenvalue weighted by molar-refractivity contribution is -0.135. The summed E-state index contributed by atoms with van der Waals surface area (Å²) < 4.78 is 10.5. The van der Waals surface area contributed by atoms with E-state index in [1.54, 1.807) is 13.2 Å². The molecule has 1 aliphatic heterocycles. The number of ether oxygens (including phenoxy) is 2. The number of piperidine rings is 1. The molecule has 7 heteroatoms. The Labute approximate surface area is 189 Å². The van der Waals surface area contributed by atoms with Crippen LogP contribution in [0.1, 0.15) is 43.7 Å². The maximum atomic E-state index is 12.9. The Kier molecular flexibility index (Phi) is 6.58. The highest BCUT2D eigenvalue weighted by molar-refractivity contribution is 5.92. The number of carbonyl (C=O) groups excluding carboxylic acids is 1. The van der Waals surface area contributed by atoms with Crippen LogP contribution in [-0.4, -0.2) is 53.9 Å². The summed E-state index contributed by atoms with van der Waals surface area (Å²) >= 11 is 0. The lowest BCUT2D eigenvalue weighted by Gasteiger charge is -2.52. The molecule has 1 heterocycles. The van der Waals surface area contributed by atoms with Gasteiger partial charge in [-0.15, -0.1) is 0 Å². The van der Waals surface area contributed by atoms with Crippen molar-refractivity contribution in [1.82, 2.24) is 4.90 Å². The minimum absolute atomic E-state index is 0.0213. The van der Waals surface area contributed by atoms with Gasteiger partial charge in [0.05, 0.1) is 26.4 Å². The first-order valence-electron chi connectivity index (χ1n) is 11.2. The largest absolute Gasteiger partial charge is 0.504 e. The Morgan fingerprint density at radius 3 is 2.62 bits per heavy atom. The predicted molar refractivity (Wildman–Crippen MR) is 122 cm³/mol. The van der Waals surface area contributed by atoms with Gasteiger partial charge in [0.1, 0.15) is 5.75 Å². The zero-order chi connectivity index (χ0) is 22.7. The average Bonchev–Trinajstić information content (AvgIpc) is 2.80. The van der Waals surface area contributed by atoms with E-state index in [-0.39, 0.29) is 30.2 Å². The number of aliphatic hydroxyl groups is 1. The average molecular weight is 441 g/mol. The van der Waals surface area contributed by atoms with Crippen molar-refractivity contribution in [1.29, 1.82) is 0 Å². The molecule has 2 fully saturated rings. The van der Waals surface area contributed by atoms with E-state index in [0.717, 1.165) is 37.0 Å². The van der Waals surface area contributed by atoms with Crippen LogP contribution in [0.2, 0.25) is 0 Å². The molecule has 2 aromatic carbocycles. The van der Waals surface area contributed by atoms with Gasteiger partial charge >= 0.3 is 0 Å². The number of phenolic OH excluding ortho intramolecular Hbond substituents is 1. The summed E-state index contributed by atoms with van der Waals surface area (Å²) in [5.74, 6) is 1.13. The third kappa shape index (κ3) is 4.54. The van der Waals surface area contributed by atoms with Crippen molar-refractivity contribution in [3.05, 3.63) is 48.0 Å². The number of nitrogens with zero attached hydrogens (tertiary/aromatic N) is 1. The number of amides is 1. The summed E-state index contributed by atoms with van der Waals surface area (Å²) in [4.78, 5) is 15.1. The smallest absolute Gasteiger partial charge is 0.238 e. The van der Waals surface area contributed by atoms with Crippen LogP contribution in [0.15, 0.2) is 42.5 Å². The second-order valence-corrected chi connectivity index (χ2v) is 8.83. The third-order valence-corrected chi connectivity index (χ3v) is 6.94. The lowest BCUT2D eigenvalue weighted by Crippen LogP contribution is -2.56. The normalized spacial score (nSPS) is 25.6. The number of phenols is 1. The fourth-order valence-electron chi connectivity index (χ4n) is 5.30. The molecule has 0 spiro atoms. The van der Waals surface area contributed by atoms with Crippen molar-refractivity contribution in [3.63, 3.8) is 0 Å². The number of rotatable bonds is 6. The number of benzene rings is 2. The predicted octanol–water partition coefficient (Wildman–Crippen LogP) is 3.72. The van der Waals surface area contributed by atoms with E-state index in [2.05, 4.69) is 10.2 Å². The second kappa shape index (κ2) is 9.38. The Bertz CT molecular complexity index is 948. The first-order valence-corrected chi connectivity index (χ1v) is 11.2. The van der Waals surface area contributed by atoms with Gasteiger partial charge in [-0.3, -0.25) is 9.69 Å². The maximum Gasteiger partial charge on any atom is 0.238 e. The number of methoxy groups -OCH3 is 2. The van der Waals surface area contributed by atoms with Gasteiger partial charge in [-0.05, 0) is 61.2 Å². The fraction of sp³-hybridized carbons (Fsp3) is 0.480. The molecular weight excluding hydrogens is 408 g/mol. The maximum absolute atomic E-state index is 12.9. The molecule has 0 unspecified atom stereocenters. The van der Waals surface area contributed by atoms with Gasteiger partial charge in [0.25, 0.3) is 0 Å².